The third-order valence-electron chi connectivity index (χ3n) is 3.22. The molecule has 1 heterocycles. The van der Waals surface area contributed by atoms with Crippen LogP contribution < -0.4 is 5.32 Å². The molecule has 0 aliphatic heterocycles. The van der Waals surface area contributed by atoms with Crippen LogP contribution in [-0.2, 0) is 4.74 Å². The van der Waals surface area contributed by atoms with E-state index in [9.17, 15) is 4.79 Å². The number of nitrogens with one attached hydrogen (secondary N) is 1. The lowest BCUT2D eigenvalue weighted by Crippen LogP contribution is -2.16. The van der Waals surface area contributed by atoms with Crippen LogP contribution in [0.5, 0.6) is 0 Å². The summed E-state index contributed by atoms with van der Waals surface area (Å²) in [5.41, 5.74) is 0.435. The van der Waals surface area contributed by atoms with Crippen LogP contribution in [0, 0.1) is 6.92 Å². The highest BCUT2D eigenvalue weighted by Crippen LogP contribution is 2.32. The molecular formula is C12H18N2O2S2. The number of thiazole rings is 1. The first-order chi connectivity index (χ1) is 8.63. The normalized spacial score (nSPS) is 23.1. The van der Waals surface area contributed by atoms with Gasteiger partial charge in [0.1, 0.15) is 0 Å². The molecule has 1 aliphatic rings. The lowest BCUT2D eigenvalue weighted by Gasteiger charge is -2.10. The van der Waals surface area contributed by atoms with Crippen molar-refractivity contribution in [2.45, 2.75) is 37.5 Å². The van der Waals surface area contributed by atoms with Gasteiger partial charge in [-0.15, -0.1) is 11.3 Å². The summed E-state index contributed by atoms with van der Waals surface area (Å²) in [5.74, 6) is -0.356. The Hall–Kier alpha value is -0.750. The molecule has 4 nitrogen and oxygen atoms in total. The van der Waals surface area contributed by atoms with E-state index in [1.807, 2.05) is 18.7 Å². The number of ether oxygens (including phenoxy) is 1. The van der Waals surface area contributed by atoms with Crippen molar-refractivity contribution in [3.8, 4) is 0 Å². The zero-order valence-electron chi connectivity index (χ0n) is 10.9. The summed E-state index contributed by atoms with van der Waals surface area (Å²) >= 11 is 3.46. The molecule has 6 heteroatoms. The van der Waals surface area contributed by atoms with Gasteiger partial charge in [0.05, 0.1) is 7.11 Å². The van der Waals surface area contributed by atoms with Gasteiger partial charge in [-0.3, -0.25) is 0 Å². The Morgan fingerprint density at radius 3 is 2.94 bits per heavy atom. The average molecular weight is 286 g/mol. The van der Waals surface area contributed by atoms with Crippen molar-refractivity contribution in [2.24, 2.45) is 0 Å². The van der Waals surface area contributed by atoms with Crippen LogP contribution in [-0.4, -0.2) is 35.6 Å². The highest BCUT2D eigenvalue weighted by atomic mass is 32.2. The summed E-state index contributed by atoms with van der Waals surface area (Å²) in [6, 6.07) is 0.485. The molecule has 0 saturated heterocycles. The zero-order chi connectivity index (χ0) is 13.1. The van der Waals surface area contributed by atoms with E-state index in [0.717, 1.165) is 15.3 Å². The van der Waals surface area contributed by atoms with Gasteiger partial charge in [0.2, 0.25) is 0 Å². The predicted molar refractivity (Wildman–Crippen MR) is 76.8 cm³/mol. The summed E-state index contributed by atoms with van der Waals surface area (Å²) in [4.78, 5) is 16.7. The minimum Gasteiger partial charge on any atom is -0.464 e. The summed E-state index contributed by atoms with van der Waals surface area (Å²) in [6.45, 7) is 1.90. The number of hydrogen-bond acceptors (Lipinski definition) is 6. The number of aryl methyl sites for hydroxylation is 1. The second kappa shape index (κ2) is 5.93. The third kappa shape index (κ3) is 2.98. The highest BCUT2D eigenvalue weighted by Gasteiger charge is 2.25. The molecule has 1 fully saturated rings. The molecule has 1 aromatic heterocycles. The molecule has 0 amide bonds. The molecular weight excluding hydrogens is 268 g/mol. The number of thioether (sulfide) groups is 1. The minimum atomic E-state index is -0.356. The fraction of sp³-hybridized carbons (Fsp3) is 0.667. The fourth-order valence-electron chi connectivity index (χ4n) is 2.20. The third-order valence-corrected chi connectivity index (χ3v) is 5.22. The lowest BCUT2D eigenvalue weighted by atomic mass is 10.3. The van der Waals surface area contributed by atoms with Crippen molar-refractivity contribution in [3.63, 3.8) is 0 Å². The van der Waals surface area contributed by atoms with Crippen molar-refractivity contribution in [3.05, 3.63) is 10.6 Å². The molecule has 0 bridgehead atoms. The summed E-state index contributed by atoms with van der Waals surface area (Å²) < 4.78 is 4.71. The Morgan fingerprint density at radius 2 is 2.33 bits per heavy atom. The van der Waals surface area contributed by atoms with E-state index in [1.165, 1.54) is 37.7 Å². The van der Waals surface area contributed by atoms with Crippen LogP contribution in [0.3, 0.4) is 0 Å². The molecule has 2 unspecified atom stereocenters. The van der Waals surface area contributed by atoms with Crippen molar-refractivity contribution >= 4 is 34.2 Å². The number of rotatable bonds is 4. The van der Waals surface area contributed by atoms with Crippen molar-refractivity contribution in [2.75, 3.05) is 18.7 Å². The Bertz CT molecular complexity index is 434. The maximum atomic E-state index is 11.5. The first-order valence-electron chi connectivity index (χ1n) is 5.99. The highest BCUT2D eigenvalue weighted by molar-refractivity contribution is 7.99. The van der Waals surface area contributed by atoms with E-state index in [-0.39, 0.29) is 5.97 Å². The minimum absolute atomic E-state index is 0.356. The number of aromatic nitrogens is 1. The van der Waals surface area contributed by atoms with Crippen LogP contribution in [0.25, 0.3) is 0 Å². The molecule has 0 radical (unpaired) electrons. The Labute approximate surface area is 116 Å². The second-order valence-electron chi connectivity index (χ2n) is 4.43. The van der Waals surface area contributed by atoms with Crippen LogP contribution in [0.4, 0.5) is 5.13 Å². The number of carbonyl (C=O) groups is 1. The van der Waals surface area contributed by atoms with E-state index in [2.05, 4.69) is 16.6 Å². The van der Waals surface area contributed by atoms with Gasteiger partial charge in [0, 0.05) is 16.2 Å². The predicted octanol–water partition coefficient (Wildman–Crippen LogP) is 2.93. The number of anilines is 1. The van der Waals surface area contributed by atoms with Gasteiger partial charge in [-0.05, 0) is 32.4 Å². The molecule has 2 rings (SSSR count). The van der Waals surface area contributed by atoms with E-state index < -0.39 is 0 Å². The second-order valence-corrected chi connectivity index (χ2v) is 6.77. The Balaban J connectivity index is 2.00. The van der Waals surface area contributed by atoms with Crippen molar-refractivity contribution < 1.29 is 9.53 Å². The molecule has 2 atom stereocenters. The number of esters is 1. The Kier molecular flexibility index (Phi) is 4.50. The summed E-state index contributed by atoms with van der Waals surface area (Å²) in [5, 5.41) is 5.02. The van der Waals surface area contributed by atoms with E-state index in [4.69, 9.17) is 4.74 Å². The van der Waals surface area contributed by atoms with Crippen molar-refractivity contribution in [1.82, 2.24) is 4.98 Å². The van der Waals surface area contributed by atoms with Gasteiger partial charge >= 0.3 is 5.97 Å². The molecule has 1 aliphatic carbocycles. The molecule has 0 spiro atoms. The fourth-order valence-corrected chi connectivity index (χ4v) is 3.88. The topological polar surface area (TPSA) is 51.2 Å². The number of methoxy groups -OCH3 is 1. The first-order valence-corrected chi connectivity index (χ1v) is 8.09. The SMILES string of the molecule is COC(=O)c1nc(NC2CCC(SC)C2)sc1C. The zero-order valence-corrected chi connectivity index (χ0v) is 12.5. The van der Waals surface area contributed by atoms with Gasteiger partial charge in [-0.25, -0.2) is 9.78 Å². The van der Waals surface area contributed by atoms with Gasteiger partial charge in [-0.2, -0.15) is 11.8 Å². The van der Waals surface area contributed by atoms with E-state index >= 15 is 0 Å². The summed E-state index contributed by atoms with van der Waals surface area (Å²) in [6.07, 6.45) is 5.77. The first kappa shape index (κ1) is 13.7. The lowest BCUT2D eigenvalue weighted by molar-refractivity contribution is 0.0594. The maximum Gasteiger partial charge on any atom is 0.357 e. The maximum absolute atomic E-state index is 11.5. The average Bonchev–Trinajstić information content (AvgIpc) is 2.95. The molecule has 1 aromatic rings. The van der Waals surface area contributed by atoms with Crippen LogP contribution in [0.1, 0.15) is 34.6 Å². The largest absolute Gasteiger partial charge is 0.464 e. The molecule has 1 N–H and O–H groups in total. The smallest absolute Gasteiger partial charge is 0.357 e. The Morgan fingerprint density at radius 1 is 1.56 bits per heavy atom. The van der Waals surface area contributed by atoms with Gasteiger partial charge in [0.15, 0.2) is 10.8 Å². The van der Waals surface area contributed by atoms with Gasteiger partial charge in [0.25, 0.3) is 0 Å². The van der Waals surface area contributed by atoms with E-state index in [1.54, 1.807) is 0 Å². The molecule has 100 valence electrons. The molecule has 18 heavy (non-hydrogen) atoms. The molecule has 1 saturated carbocycles. The van der Waals surface area contributed by atoms with E-state index in [0.29, 0.717) is 11.7 Å². The van der Waals surface area contributed by atoms with Gasteiger partial charge < -0.3 is 10.1 Å². The van der Waals surface area contributed by atoms with Crippen LogP contribution >= 0.6 is 23.1 Å². The summed E-state index contributed by atoms with van der Waals surface area (Å²) in [7, 11) is 1.38. The number of carbonyl (C=O) groups excluding carboxylic acids is 1. The molecule has 0 aromatic carbocycles. The van der Waals surface area contributed by atoms with Crippen LogP contribution in [0.15, 0.2) is 0 Å². The van der Waals surface area contributed by atoms with Crippen molar-refractivity contribution in [1.29, 1.82) is 0 Å². The standard InChI is InChI=1S/C12H18N2O2S2/c1-7-10(11(15)16-2)14-12(18-7)13-8-4-5-9(6-8)17-3/h8-9H,4-6H2,1-3H3,(H,13,14). The monoisotopic (exact) mass is 286 g/mol. The van der Waals surface area contributed by atoms with Crippen LogP contribution in [0.2, 0.25) is 0 Å². The quantitative estimate of drug-likeness (QED) is 0.862. The number of nitrogens with zero attached hydrogens (tertiary/aromatic N) is 1. The number of hydrogen-bond donors (Lipinski definition) is 1. The van der Waals surface area contributed by atoms with Gasteiger partial charge in [-0.1, -0.05) is 0 Å².